The van der Waals surface area contributed by atoms with Crippen LogP contribution in [0.5, 0.6) is 0 Å². The van der Waals surface area contributed by atoms with Crippen molar-refractivity contribution >= 4 is 11.9 Å². The van der Waals surface area contributed by atoms with E-state index in [9.17, 15) is 9.59 Å². The van der Waals surface area contributed by atoms with Crippen LogP contribution in [0.3, 0.4) is 0 Å². The lowest BCUT2D eigenvalue weighted by molar-refractivity contribution is -0.206. The largest absolute Gasteiger partial charge is 0.460 e. The maximum atomic E-state index is 12.1. The number of carbonyl (C=O) groups is 2. The molecule has 4 heteroatoms. The zero-order chi connectivity index (χ0) is 22.0. The Hall–Kier alpha value is -1.06. The van der Waals surface area contributed by atoms with Gasteiger partial charge in [0.15, 0.2) is 0 Å². The van der Waals surface area contributed by atoms with Crippen LogP contribution in [0.25, 0.3) is 0 Å². The van der Waals surface area contributed by atoms with Crippen molar-refractivity contribution in [2.45, 2.75) is 112 Å². The maximum Gasteiger partial charge on any atom is 0.309 e. The molecule has 0 saturated heterocycles. The average molecular weight is 409 g/mol. The number of esters is 2. The van der Waals surface area contributed by atoms with Crippen molar-refractivity contribution in [2.75, 3.05) is 0 Å². The van der Waals surface area contributed by atoms with Gasteiger partial charge < -0.3 is 9.47 Å². The van der Waals surface area contributed by atoms with Gasteiger partial charge in [-0.1, -0.05) is 27.7 Å². The Balaban J connectivity index is 0.000000237. The van der Waals surface area contributed by atoms with Gasteiger partial charge in [0.2, 0.25) is 0 Å². The second kappa shape index (κ2) is 9.39. The van der Waals surface area contributed by atoms with Crippen molar-refractivity contribution in [1.82, 2.24) is 0 Å². The summed E-state index contributed by atoms with van der Waals surface area (Å²) in [7, 11) is 0. The van der Waals surface area contributed by atoms with E-state index in [4.69, 9.17) is 9.47 Å². The molecule has 4 aliphatic rings. The summed E-state index contributed by atoms with van der Waals surface area (Å²) in [6, 6.07) is 0. The van der Waals surface area contributed by atoms with Crippen LogP contribution in [0.1, 0.15) is 100 Å². The van der Waals surface area contributed by atoms with Gasteiger partial charge in [-0.3, -0.25) is 9.59 Å². The van der Waals surface area contributed by atoms with E-state index in [0.717, 1.165) is 24.7 Å². The Morgan fingerprint density at radius 1 is 0.862 bits per heavy atom. The van der Waals surface area contributed by atoms with Crippen LogP contribution in [0.4, 0.5) is 0 Å². The molecule has 4 rings (SSSR count). The highest BCUT2D eigenvalue weighted by atomic mass is 16.6. The SMILES string of the molecule is CCC(C)C(=O)OC(C)(C)C.CCC(C)C(=O)OC1(C)C2CC3CC(C2)CC1C3. The minimum Gasteiger partial charge on any atom is -0.460 e. The lowest BCUT2D eigenvalue weighted by Crippen LogP contribution is -2.58. The number of rotatable bonds is 5. The molecule has 0 heterocycles. The predicted molar refractivity (Wildman–Crippen MR) is 116 cm³/mol. The quantitative estimate of drug-likeness (QED) is 0.511. The molecule has 0 aromatic rings. The maximum absolute atomic E-state index is 12.1. The summed E-state index contributed by atoms with van der Waals surface area (Å²) in [5, 5.41) is 0. The van der Waals surface area contributed by atoms with E-state index >= 15 is 0 Å². The monoisotopic (exact) mass is 408 g/mol. The van der Waals surface area contributed by atoms with Crippen LogP contribution >= 0.6 is 0 Å². The Morgan fingerprint density at radius 3 is 1.66 bits per heavy atom. The Kier molecular flexibility index (Phi) is 7.84. The molecule has 168 valence electrons. The number of carbonyl (C=O) groups excluding carboxylic acids is 2. The predicted octanol–water partition coefficient (Wildman–Crippen LogP) is 6.16. The number of hydrogen-bond acceptors (Lipinski definition) is 4. The molecule has 0 amide bonds. The summed E-state index contributed by atoms with van der Waals surface area (Å²) < 4.78 is 11.2. The fourth-order valence-corrected chi connectivity index (χ4v) is 5.34. The van der Waals surface area contributed by atoms with Crippen LogP contribution in [0.15, 0.2) is 0 Å². The van der Waals surface area contributed by atoms with Gasteiger partial charge in [0.1, 0.15) is 11.2 Å². The van der Waals surface area contributed by atoms with Crippen LogP contribution in [0.2, 0.25) is 0 Å². The molecule has 4 aliphatic carbocycles. The first-order valence-electron chi connectivity index (χ1n) is 11.8. The van der Waals surface area contributed by atoms with E-state index in [2.05, 4.69) is 13.8 Å². The minimum atomic E-state index is -0.347. The Labute approximate surface area is 178 Å². The third-order valence-corrected chi connectivity index (χ3v) is 7.52. The van der Waals surface area contributed by atoms with E-state index in [1.165, 1.54) is 32.1 Å². The van der Waals surface area contributed by atoms with E-state index in [0.29, 0.717) is 11.8 Å². The van der Waals surface area contributed by atoms with E-state index in [-0.39, 0.29) is 35.0 Å². The highest BCUT2D eigenvalue weighted by Gasteiger charge is 2.57. The molecule has 4 fully saturated rings. The molecule has 0 aromatic carbocycles. The highest BCUT2D eigenvalue weighted by molar-refractivity contribution is 5.72. The molecule has 0 aromatic heterocycles. The van der Waals surface area contributed by atoms with Gasteiger partial charge in [-0.25, -0.2) is 0 Å². The van der Waals surface area contributed by atoms with Gasteiger partial charge in [0.05, 0.1) is 11.8 Å². The molecule has 2 unspecified atom stereocenters. The van der Waals surface area contributed by atoms with E-state index in [1.807, 2.05) is 41.5 Å². The first-order chi connectivity index (χ1) is 13.4. The normalized spacial score (nSPS) is 34.6. The zero-order valence-corrected chi connectivity index (χ0v) is 20.0. The third-order valence-electron chi connectivity index (χ3n) is 7.52. The Morgan fingerprint density at radius 2 is 1.28 bits per heavy atom. The summed E-state index contributed by atoms with van der Waals surface area (Å²) in [6.07, 6.45) is 8.38. The van der Waals surface area contributed by atoms with Gasteiger partial charge in [-0.15, -0.1) is 0 Å². The van der Waals surface area contributed by atoms with Crippen LogP contribution in [0, 0.1) is 35.5 Å². The number of hydrogen-bond donors (Lipinski definition) is 0. The highest BCUT2D eigenvalue weighted by Crippen LogP contribution is 2.59. The Bertz CT molecular complexity index is 546. The molecule has 4 bridgehead atoms. The smallest absolute Gasteiger partial charge is 0.309 e. The average Bonchev–Trinajstić information content (AvgIpc) is 2.63. The fourth-order valence-electron chi connectivity index (χ4n) is 5.34. The molecule has 0 N–H and O–H groups in total. The molecule has 0 aliphatic heterocycles. The topological polar surface area (TPSA) is 52.6 Å². The lowest BCUT2D eigenvalue weighted by atomic mass is 9.50. The third kappa shape index (κ3) is 5.98. The first kappa shape index (κ1) is 24.2. The first-order valence-corrected chi connectivity index (χ1v) is 11.8. The van der Waals surface area contributed by atoms with E-state index in [1.54, 1.807) is 0 Å². The van der Waals surface area contributed by atoms with Gasteiger partial charge in [0, 0.05) is 0 Å². The molecule has 0 spiro atoms. The second-order valence-corrected chi connectivity index (χ2v) is 11.1. The summed E-state index contributed by atoms with van der Waals surface area (Å²) in [5.74, 6) is 3.16. The van der Waals surface area contributed by atoms with Crippen molar-refractivity contribution in [2.24, 2.45) is 35.5 Å². The molecule has 4 saturated carbocycles. The van der Waals surface area contributed by atoms with Crippen molar-refractivity contribution in [3.8, 4) is 0 Å². The van der Waals surface area contributed by atoms with Crippen molar-refractivity contribution < 1.29 is 19.1 Å². The summed E-state index contributed by atoms with van der Waals surface area (Å²) in [4.78, 5) is 23.3. The molecular weight excluding hydrogens is 364 g/mol. The van der Waals surface area contributed by atoms with E-state index < -0.39 is 0 Å². The van der Waals surface area contributed by atoms with Crippen LogP contribution in [-0.2, 0) is 19.1 Å². The van der Waals surface area contributed by atoms with Gasteiger partial charge in [0.25, 0.3) is 0 Å². The number of ether oxygens (including phenoxy) is 2. The molecule has 2 atom stereocenters. The fraction of sp³-hybridized carbons (Fsp3) is 0.920. The molecule has 0 radical (unpaired) electrons. The van der Waals surface area contributed by atoms with Gasteiger partial charge >= 0.3 is 11.9 Å². The van der Waals surface area contributed by atoms with Crippen molar-refractivity contribution in [3.63, 3.8) is 0 Å². The van der Waals surface area contributed by atoms with Crippen molar-refractivity contribution in [1.29, 1.82) is 0 Å². The summed E-state index contributed by atoms with van der Waals surface area (Å²) in [5.41, 5.74) is -0.492. The molecule has 29 heavy (non-hydrogen) atoms. The molecular formula is C25H44O4. The van der Waals surface area contributed by atoms with Gasteiger partial charge in [-0.05, 0) is 96.3 Å². The zero-order valence-electron chi connectivity index (χ0n) is 20.0. The second-order valence-electron chi connectivity index (χ2n) is 11.1. The lowest BCUT2D eigenvalue weighted by Gasteiger charge is -2.59. The summed E-state index contributed by atoms with van der Waals surface area (Å²) in [6.45, 7) is 15.8. The van der Waals surface area contributed by atoms with Crippen LogP contribution < -0.4 is 0 Å². The van der Waals surface area contributed by atoms with Crippen LogP contribution in [-0.4, -0.2) is 23.1 Å². The summed E-state index contributed by atoms with van der Waals surface area (Å²) >= 11 is 0. The minimum absolute atomic E-state index is 0.0224. The standard InChI is InChI=1S/C16H26O2.C9H18O2/c1-4-10(2)15(17)18-16(3)13-6-11-5-12(8-13)9-14(16)7-11;1-6-7(2)8(10)11-9(3,4)5/h10-14H,4-9H2,1-3H3;7H,6H2,1-5H3. The van der Waals surface area contributed by atoms with Gasteiger partial charge in [-0.2, -0.15) is 0 Å². The van der Waals surface area contributed by atoms with Crippen molar-refractivity contribution in [3.05, 3.63) is 0 Å². The molecule has 4 nitrogen and oxygen atoms in total.